The van der Waals surface area contributed by atoms with Crippen molar-refractivity contribution in [3.05, 3.63) is 29.6 Å². The van der Waals surface area contributed by atoms with Crippen LogP contribution in [-0.2, 0) is 0 Å². The molecule has 1 aliphatic rings. The third-order valence-corrected chi connectivity index (χ3v) is 3.15. The van der Waals surface area contributed by atoms with Gasteiger partial charge in [0, 0.05) is 18.9 Å². The number of likely N-dealkylation sites (N-methyl/N-ethyl adjacent to an activating group) is 1. The van der Waals surface area contributed by atoms with Gasteiger partial charge >= 0.3 is 5.97 Å². The van der Waals surface area contributed by atoms with Crippen molar-refractivity contribution < 1.29 is 9.90 Å². The van der Waals surface area contributed by atoms with Crippen molar-refractivity contribution in [3.63, 3.8) is 0 Å². The molecule has 16 heavy (non-hydrogen) atoms. The Balaban J connectivity index is 2.28. The molecule has 0 radical (unpaired) electrons. The van der Waals surface area contributed by atoms with E-state index in [2.05, 4.69) is 16.9 Å². The van der Waals surface area contributed by atoms with Crippen molar-refractivity contribution in [2.45, 2.75) is 18.8 Å². The number of carboxylic acids is 1. The third kappa shape index (κ3) is 2.22. The van der Waals surface area contributed by atoms with Crippen LogP contribution in [0.25, 0.3) is 0 Å². The van der Waals surface area contributed by atoms with E-state index < -0.39 is 5.97 Å². The Kier molecular flexibility index (Phi) is 3.19. The maximum Gasteiger partial charge on any atom is 0.337 e. The molecule has 0 amide bonds. The molecular weight excluding hydrogens is 204 g/mol. The predicted octanol–water partition coefficient (Wildman–Crippen LogP) is 1.59. The zero-order valence-electron chi connectivity index (χ0n) is 9.39. The van der Waals surface area contributed by atoms with Crippen LogP contribution in [0.3, 0.4) is 0 Å². The second-order valence-electron chi connectivity index (χ2n) is 4.37. The molecule has 2 rings (SSSR count). The van der Waals surface area contributed by atoms with Gasteiger partial charge in [-0.15, -0.1) is 0 Å². The minimum absolute atomic E-state index is 0.327. The van der Waals surface area contributed by atoms with Crippen molar-refractivity contribution in [3.8, 4) is 0 Å². The predicted molar refractivity (Wildman–Crippen MR) is 60.7 cm³/mol. The molecule has 0 aliphatic carbocycles. The molecule has 1 N–H and O–H groups in total. The Hall–Kier alpha value is -1.42. The highest BCUT2D eigenvalue weighted by molar-refractivity contribution is 5.89. The SMILES string of the molecule is CN1CCCC(c2ccncc2C(=O)O)C1. The summed E-state index contributed by atoms with van der Waals surface area (Å²) in [6, 6.07) is 1.84. The molecule has 0 bridgehead atoms. The van der Waals surface area contributed by atoms with E-state index in [-0.39, 0.29) is 0 Å². The van der Waals surface area contributed by atoms with E-state index >= 15 is 0 Å². The zero-order chi connectivity index (χ0) is 11.5. The number of carboxylic acid groups (broad SMARTS) is 1. The summed E-state index contributed by atoms with van der Waals surface area (Å²) in [5.41, 5.74) is 1.27. The van der Waals surface area contributed by atoms with E-state index in [9.17, 15) is 4.79 Å². The maximum atomic E-state index is 11.1. The molecule has 1 aliphatic heterocycles. The van der Waals surface area contributed by atoms with Gasteiger partial charge in [-0.3, -0.25) is 4.98 Å². The van der Waals surface area contributed by atoms with Gasteiger partial charge in [-0.2, -0.15) is 0 Å². The van der Waals surface area contributed by atoms with Gasteiger partial charge in [0.05, 0.1) is 5.56 Å². The quantitative estimate of drug-likeness (QED) is 0.822. The van der Waals surface area contributed by atoms with Crippen LogP contribution in [0.5, 0.6) is 0 Å². The van der Waals surface area contributed by atoms with Crippen molar-refractivity contribution in [2.24, 2.45) is 0 Å². The summed E-state index contributed by atoms with van der Waals surface area (Å²) in [6.45, 7) is 2.04. The Morgan fingerprint density at radius 3 is 3.12 bits per heavy atom. The van der Waals surface area contributed by atoms with Crippen LogP contribution in [0, 0.1) is 0 Å². The number of pyridine rings is 1. The lowest BCUT2D eigenvalue weighted by Gasteiger charge is -2.30. The minimum Gasteiger partial charge on any atom is -0.478 e. The molecule has 1 unspecified atom stereocenters. The Morgan fingerprint density at radius 2 is 2.44 bits per heavy atom. The van der Waals surface area contributed by atoms with E-state index in [1.165, 1.54) is 6.20 Å². The fourth-order valence-corrected chi connectivity index (χ4v) is 2.36. The Labute approximate surface area is 94.9 Å². The first-order chi connectivity index (χ1) is 7.68. The smallest absolute Gasteiger partial charge is 0.337 e. The highest BCUT2D eigenvalue weighted by Gasteiger charge is 2.23. The van der Waals surface area contributed by atoms with Gasteiger partial charge in [-0.25, -0.2) is 4.79 Å². The summed E-state index contributed by atoms with van der Waals surface area (Å²) in [6.07, 6.45) is 5.32. The molecule has 2 heterocycles. The van der Waals surface area contributed by atoms with Gasteiger partial charge in [0.25, 0.3) is 0 Å². The molecule has 0 spiro atoms. The number of nitrogens with zero attached hydrogens (tertiary/aromatic N) is 2. The van der Waals surface area contributed by atoms with Gasteiger partial charge in [-0.05, 0) is 44.0 Å². The largest absolute Gasteiger partial charge is 0.478 e. The van der Waals surface area contributed by atoms with Gasteiger partial charge < -0.3 is 10.0 Å². The Morgan fingerprint density at radius 1 is 1.62 bits per heavy atom. The van der Waals surface area contributed by atoms with E-state index in [1.54, 1.807) is 6.20 Å². The fourth-order valence-electron chi connectivity index (χ4n) is 2.36. The molecule has 4 heteroatoms. The van der Waals surface area contributed by atoms with E-state index in [4.69, 9.17) is 5.11 Å². The first-order valence-corrected chi connectivity index (χ1v) is 5.54. The Bertz CT molecular complexity index is 392. The lowest BCUT2D eigenvalue weighted by molar-refractivity contribution is 0.0693. The number of carbonyl (C=O) groups is 1. The fraction of sp³-hybridized carbons (Fsp3) is 0.500. The second-order valence-corrected chi connectivity index (χ2v) is 4.37. The van der Waals surface area contributed by atoms with Crippen molar-refractivity contribution in [1.29, 1.82) is 0 Å². The van der Waals surface area contributed by atoms with Crippen LogP contribution in [0.4, 0.5) is 0 Å². The summed E-state index contributed by atoms with van der Waals surface area (Å²) >= 11 is 0. The number of aromatic carboxylic acids is 1. The average Bonchev–Trinajstić information content (AvgIpc) is 2.29. The van der Waals surface area contributed by atoms with E-state index in [1.807, 2.05) is 6.07 Å². The summed E-state index contributed by atoms with van der Waals surface area (Å²) in [7, 11) is 2.08. The van der Waals surface area contributed by atoms with Gasteiger partial charge in [0.15, 0.2) is 0 Å². The molecule has 0 saturated carbocycles. The topological polar surface area (TPSA) is 53.4 Å². The lowest BCUT2D eigenvalue weighted by atomic mass is 9.89. The molecule has 1 aromatic heterocycles. The standard InChI is InChI=1S/C12H16N2O2/c1-14-6-2-3-9(8-14)10-4-5-13-7-11(10)12(15)16/h4-5,7,9H,2-3,6,8H2,1H3,(H,15,16). The van der Waals surface area contributed by atoms with Crippen molar-refractivity contribution in [1.82, 2.24) is 9.88 Å². The first kappa shape index (κ1) is 11.1. The molecule has 1 saturated heterocycles. The van der Waals surface area contributed by atoms with E-state index in [0.29, 0.717) is 11.5 Å². The molecular formula is C12H16N2O2. The monoisotopic (exact) mass is 220 g/mol. The third-order valence-electron chi connectivity index (χ3n) is 3.15. The van der Waals surface area contributed by atoms with Crippen molar-refractivity contribution >= 4 is 5.97 Å². The number of hydrogen-bond acceptors (Lipinski definition) is 3. The highest BCUT2D eigenvalue weighted by Crippen LogP contribution is 2.28. The molecule has 4 nitrogen and oxygen atoms in total. The summed E-state index contributed by atoms with van der Waals surface area (Å²) in [4.78, 5) is 17.2. The average molecular weight is 220 g/mol. The molecule has 86 valence electrons. The maximum absolute atomic E-state index is 11.1. The number of likely N-dealkylation sites (tertiary alicyclic amines) is 1. The molecule has 1 aromatic rings. The summed E-state index contributed by atoms with van der Waals surface area (Å²) in [5.74, 6) is -0.552. The number of aromatic nitrogens is 1. The molecule has 1 fully saturated rings. The second kappa shape index (κ2) is 4.61. The van der Waals surface area contributed by atoms with Gasteiger partial charge in [0.1, 0.15) is 0 Å². The number of piperidine rings is 1. The lowest BCUT2D eigenvalue weighted by Crippen LogP contribution is -2.31. The van der Waals surface area contributed by atoms with E-state index in [0.717, 1.165) is 31.5 Å². The normalized spacial score (nSPS) is 21.9. The van der Waals surface area contributed by atoms with Gasteiger partial charge in [0.2, 0.25) is 0 Å². The van der Waals surface area contributed by atoms with Gasteiger partial charge in [-0.1, -0.05) is 0 Å². The van der Waals surface area contributed by atoms with Crippen LogP contribution in [0.1, 0.15) is 34.7 Å². The molecule has 0 aromatic carbocycles. The minimum atomic E-state index is -0.878. The number of rotatable bonds is 2. The van der Waals surface area contributed by atoms with Crippen LogP contribution >= 0.6 is 0 Å². The van der Waals surface area contributed by atoms with Crippen LogP contribution in [0.2, 0.25) is 0 Å². The molecule has 1 atom stereocenters. The highest BCUT2D eigenvalue weighted by atomic mass is 16.4. The summed E-state index contributed by atoms with van der Waals surface area (Å²) in [5, 5.41) is 9.11. The first-order valence-electron chi connectivity index (χ1n) is 5.54. The zero-order valence-corrected chi connectivity index (χ0v) is 9.39. The van der Waals surface area contributed by atoms with Crippen LogP contribution < -0.4 is 0 Å². The van der Waals surface area contributed by atoms with Crippen LogP contribution in [-0.4, -0.2) is 41.1 Å². The van der Waals surface area contributed by atoms with Crippen molar-refractivity contribution in [2.75, 3.05) is 20.1 Å². The number of hydrogen-bond donors (Lipinski definition) is 1. The van der Waals surface area contributed by atoms with Crippen LogP contribution in [0.15, 0.2) is 18.5 Å². The summed E-state index contributed by atoms with van der Waals surface area (Å²) < 4.78 is 0.